The molecular formula is C15H32N2. The molecule has 1 rings (SSSR count). The van der Waals surface area contributed by atoms with Crippen LogP contribution in [0.15, 0.2) is 0 Å². The van der Waals surface area contributed by atoms with Crippen LogP contribution in [-0.2, 0) is 0 Å². The van der Waals surface area contributed by atoms with Crippen molar-refractivity contribution in [3.05, 3.63) is 0 Å². The lowest BCUT2D eigenvalue weighted by molar-refractivity contribution is 0.0571. The molecule has 0 aliphatic carbocycles. The Morgan fingerprint density at radius 3 is 2.47 bits per heavy atom. The molecule has 1 heterocycles. The first kappa shape index (κ1) is 15.0. The van der Waals surface area contributed by atoms with Crippen LogP contribution in [0.25, 0.3) is 0 Å². The van der Waals surface area contributed by atoms with Crippen molar-refractivity contribution in [3.63, 3.8) is 0 Å². The molecule has 0 saturated carbocycles. The average Bonchev–Trinajstić information content (AvgIpc) is 2.34. The van der Waals surface area contributed by atoms with Crippen molar-refractivity contribution in [2.24, 2.45) is 5.92 Å². The van der Waals surface area contributed by atoms with E-state index in [1.165, 1.54) is 38.8 Å². The summed E-state index contributed by atoms with van der Waals surface area (Å²) in [6.45, 7) is 14.1. The Morgan fingerprint density at radius 1 is 1.24 bits per heavy atom. The van der Waals surface area contributed by atoms with E-state index in [9.17, 15) is 0 Å². The lowest BCUT2D eigenvalue weighted by Gasteiger charge is -2.45. The molecule has 0 aromatic heterocycles. The van der Waals surface area contributed by atoms with Crippen molar-refractivity contribution in [1.29, 1.82) is 0 Å². The van der Waals surface area contributed by atoms with Gasteiger partial charge in [-0.1, -0.05) is 40.5 Å². The van der Waals surface area contributed by atoms with Crippen molar-refractivity contribution >= 4 is 0 Å². The second-order valence-corrected chi connectivity index (χ2v) is 6.01. The van der Waals surface area contributed by atoms with Gasteiger partial charge in [0.1, 0.15) is 0 Å². The molecule has 0 bridgehead atoms. The van der Waals surface area contributed by atoms with Gasteiger partial charge < -0.3 is 5.32 Å². The third kappa shape index (κ3) is 4.26. The minimum Gasteiger partial charge on any atom is -0.311 e. The maximum absolute atomic E-state index is 3.70. The number of piperazine rings is 1. The highest BCUT2D eigenvalue weighted by molar-refractivity contribution is 4.89. The summed E-state index contributed by atoms with van der Waals surface area (Å²) < 4.78 is 0. The monoisotopic (exact) mass is 240 g/mol. The first-order chi connectivity index (χ1) is 8.10. The van der Waals surface area contributed by atoms with E-state index in [0.717, 1.165) is 18.0 Å². The third-order valence-corrected chi connectivity index (χ3v) is 4.28. The van der Waals surface area contributed by atoms with E-state index in [4.69, 9.17) is 0 Å². The van der Waals surface area contributed by atoms with Crippen molar-refractivity contribution in [2.45, 2.75) is 78.4 Å². The average molecular weight is 240 g/mol. The van der Waals surface area contributed by atoms with Crippen LogP contribution in [0, 0.1) is 5.92 Å². The molecule has 0 aromatic rings. The van der Waals surface area contributed by atoms with Gasteiger partial charge in [0.2, 0.25) is 0 Å². The maximum atomic E-state index is 3.70. The minimum atomic E-state index is 0.703. The minimum absolute atomic E-state index is 0.703. The second kappa shape index (κ2) is 7.38. The first-order valence-electron chi connectivity index (χ1n) is 7.59. The van der Waals surface area contributed by atoms with Gasteiger partial charge in [-0.05, 0) is 25.7 Å². The third-order valence-electron chi connectivity index (χ3n) is 4.28. The predicted molar refractivity (Wildman–Crippen MR) is 76.4 cm³/mol. The highest BCUT2D eigenvalue weighted by atomic mass is 15.3. The van der Waals surface area contributed by atoms with Crippen molar-refractivity contribution in [2.75, 3.05) is 13.1 Å². The standard InChI is InChI=1S/C15H32N2/c1-6-8-9-13(5)17-11-14(7-2)16-10-15(17)12(3)4/h12-16H,6-11H2,1-5H3. The van der Waals surface area contributed by atoms with E-state index >= 15 is 0 Å². The van der Waals surface area contributed by atoms with Crippen LogP contribution >= 0.6 is 0 Å². The van der Waals surface area contributed by atoms with Crippen LogP contribution < -0.4 is 5.32 Å². The Morgan fingerprint density at radius 2 is 1.94 bits per heavy atom. The van der Waals surface area contributed by atoms with Crippen molar-refractivity contribution < 1.29 is 0 Å². The molecule has 1 aliphatic rings. The zero-order chi connectivity index (χ0) is 12.8. The fourth-order valence-corrected chi connectivity index (χ4v) is 2.92. The summed E-state index contributed by atoms with van der Waals surface area (Å²) in [5, 5.41) is 3.70. The van der Waals surface area contributed by atoms with Gasteiger partial charge in [0.05, 0.1) is 0 Å². The van der Waals surface area contributed by atoms with Crippen molar-refractivity contribution in [3.8, 4) is 0 Å². The van der Waals surface area contributed by atoms with E-state index in [1.54, 1.807) is 0 Å². The zero-order valence-corrected chi connectivity index (χ0v) is 12.5. The van der Waals surface area contributed by atoms with Crippen LogP contribution in [0.5, 0.6) is 0 Å². The molecule has 1 aliphatic heterocycles. The van der Waals surface area contributed by atoms with Gasteiger partial charge >= 0.3 is 0 Å². The largest absolute Gasteiger partial charge is 0.311 e. The van der Waals surface area contributed by atoms with E-state index in [2.05, 4.69) is 44.8 Å². The summed E-state index contributed by atoms with van der Waals surface area (Å²) >= 11 is 0. The van der Waals surface area contributed by atoms with Gasteiger partial charge in [-0.3, -0.25) is 4.90 Å². The summed E-state index contributed by atoms with van der Waals surface area (Å²) in [5.74, 6) is 0.754. The Labute approximate surface area is 108 Å². The van der Waals surface area contributed by atoms with Crippen LogP contribution in [0.2, 0.25) is 0 Å². The fraction of sp³-hybridized carbons (Fsp3) is 1.00. The number of nitrogens with one attached hydrogen (secondary N) is 1. The number of hydrogen-bond acceptors (Lipinski definition) is 2. The number of hydrogen-bond donors (Lipinski definition) is 1. The predicted octanol–water partition coefficient (Wildman–Crippen LogP) is 3.27. The first-order valence-corrected chi connectivity index (χ1v) is 7.59. The van der Waals surface area contributed by atoms with E-state index in [0.29, 0.717) is 6.04 Å². The normalized spacial score (nSPS) is 28.6. The van der Waals surface area contributed by atoms with E-state index in [-0.39, 0.29) is 0 Å². The van der Waals surface area contributed by atoms with Gasteiger partial charge in [0, 0.05) is 31.2 Å². The van der Waals surface area contributed by atoms with Gasteiger partial charge in [0.25, 0.3) is 0 Å². The van der Waals surface area contributed by atoms with Gasteiger partial charge in [-0.25, -0.2) is 0 Å². The maximum Gasteiger partial charge on any atom is 0.0247 e. The highest BCUT2D eigenvalue weighted by Crippen LogP contribution is 2.21. The molecule has 0 spiro atoms. The Balaban J connectivity index is 2.59. The summed E-state index contributed by atoms with van der Waals surface area (Å²) in [5.41, 5.74) is 0. The lowest BCUT2D eigenvalue weighted by Crippen LogP contribution is -2.60. The van der Waals surface area contributed by atoms with E-state index < -0.39 is 0 Å². The van der Waals surface area contributed by atoms with Gasteiger partial charge in [-0.2, -0.15) is 0 Å². The summed E-state index contributed by atoms with van der Waals surface area (Å²) in [6, 6.07) is 2.18. The van der Waals surface area contributed by atoms with Crippen LogP contribution in [-0.4, -0.2) is 36.1 Å². The van der Waals surface area contributed by atoms with Crippen LogP contribution in [0.1, 0.15) is 60.3 Å². The smallest absolute Gasteiger partial charge is 0.0247 e. The fourth-order valence-electron chi connectivity index (χ4n) is 2.92. The Bertz CT molecular complexity index is 203. The molecule has 0 radical (unpaired) electrons. The van der Waals surface area contributed by atoms with Gasteiger partial charge in [-0.15, -0.1) is 0 Å². The quantitative estimate of drug-likeness (QED) is 0.766. The molecule has 3 atom stereocenters. The second-order valence-electron chi connectivity index (χ2n) is 6.01. The Hall–Kier alpha value is -0.0800. The number of unbranched alkanes of at least 4 members (excludes halogenated alkanes) is 1. The molecule has 0 amide bonds. The molecule has 2 nitrogen and oxygen atoms in total. The molecule has 17 heavy (non-hydrogen) atoms. The van der Waals surface area contributed by atoms with Crippen LogP contribution in [0.3, 0.4) is 0 Å². The molecule has 0 aromatic carbocycles. The van der Waals surface area contributed by atoms with Crippen molar-refractivity contribution in [1.82, 2.24) is 10.2 Å². The molecule has 2 heteroatoms. The summed E-state index contributed by atoms with van der Waals surface area (Å²) in [6.07, 6.45) is 5.30. The topological polar surface area (TPSA) is 15.3 Å². The molecule has 1 N–H and O–H groups in total. The highest BCUT2D eigenvalue weighted by Gasteiger charge is 2.31. The number of nitrogens with zero attached hydrogens (tertiary/aromatic N) is 1. The van der Waals surface area contributed by atoms with Crippen LogP contribution in [0.4, 0.5) is 0 Å². The molecule has 1 fully saturated rings. The summed E-state index contributed by atoms with van der Waals surface area (Å²) in [4.78, 5) is 2.77. The SMILES string of the molecule is CCCCC(C)N1CC(CC)NCC1C(C)C. The molecule has 1 saturated heterocycles. The zero-order valence-electron chi connectivity index (χ0n) is 12.5. The molecule has 3 unspecified atom stereocenters. The molecule has 102 valence electrons. The van der Waals surface area contributed by atoms with Gasteiger partial charge in [0.15, 0.2) is 0 Å². The Kier molecular flexibility index (Phi) is 6.50. The van der Waals surface area contributed by atoms with E-state index in [1.807, 2.05) is 0 Å². The number of rotatable bonds is 6. The summed E-state index contributed by atoms with van der Waals surface area (Å²) in [7, 11) is 0. The lowest BCUT2D eigenvalue weighted by atomic mass is 9.94. The molecular weight excluding hydrogens is 208 g/mol.